The quantitative estimate of drug-likeness (QED) is 0.161. The van der Waals surface area contributed by atoms with Gasteiger partial charge in [0.15, 0.2) is 10.3 Å². The number of nitrogens with zero attached hydrogens (tertiary/aromatic N) is 6. The molecule has 0 aliphatic heterocycles. The zero-order chi connectivity index (χ0) is 34.8. The summed E-state index contributed by atoms with van der Waals surface area (Å²) in [5.74, 6) is -0.570. The standard InChI is InChI=1S/2C18H13N3O3S/c1-24-12-7-8-14-13(9-12)19-10-21(14)18-20-15(16(25-18)17(22)23)11-5-3-2-4-6-11;1-24-12-7-8-13-14(9-12)21(10-19-13)18-20-15(16(25-18)17(22)23)11-5-3-2-4-6-11/h2*2-10H,1H3,(H,22,23). The molecule has 14 heteroatoms. The molecular weight excluding hydrogens is 677 g/mol. The molecule has 0 aliphatic rings. The normalized spacial score (nSPS) is 10.9. The number of fused-ring (bicyclic) bond motifs is 2. The summed E-state index contributed by atoms with van der Waals surface area (Å²) in [4.78, 5) is 41.6. The van der Waals surface area contributed by atoms with Crippen LogP contribution in [-0.2, 0) is 0 Å². The third kappa shape index (κ3) is 6.16. The second-order valence-corrected chi connectivity index (χ2v) is 12.6. The first kappa shape index (κ1) is 32.2. The van der Waals surface area contributed by atoms with Crippen molar-refractivity contribution in [2.24, 2.45) is 0 Å². The second kappa shape index (κ2) is 13.6. The molecule has 4 aromatic heterocycles. The molecule has 8 rings (SSSR count). The van der Waals surface area contributed by atoms with Crippen LogP contribution in [0.5, 0.6) is 11.5 Å². The number of hydrogen-bond acceptors (Lipinski definition) is 10. The van der Waals surface area contributed by atoms with E-state index >= 15 is 0 Å². The van der Waals surface area contributed by atoms with E-state index in [0.717, 1.165) is 55.9 Å². The molecule has 12 nitrogen and oxygen atoms in total. The Bertz CT molecular complexity index is 2490. The largest absolute Gasteiger partial charge is 0.497 e. The number of rotatable bonds is 8. The van der Waals surface area contributed by atoms with Gasteiger partial charge < -0.3 is 19.7 Å². The van der Waals surface area contributed by atoms with Gasteiger partial charge in [0, 0.05) is 23.3 Å². The number of carbonyl (C=O) groups is 2. The van der Waals surface area contributed by atoms with Gasteiger partial charge in [0.1, 0.15) is 33.9 Å². The fourth-order valence-corrected chi connectivity index (χ4v) is 7.06. The van der Waals surface area contributed by atoms with Crippen molar-refractivity contribution >= 4 is 56.7 Å². The Hall–Kier alpha value is -6.38. The van der Waals surface area contributed by atoms with E-state index in [0.29, 0.717) is 33.1 Å². The summed E-state index contributed by atoms with van der Waals surface area (Å²) in [6.45, 7) is 0. The van der Waals surface area contributed by atoms with Gasteiger partial charge in [0.2, 0.25) is 0 Å². The lowest BCUT2D eigenvalue weighted by Gasteiger charge is -2.02. The van der Waals surface area contributed by atoms with E-state index in [2.05, 4.69) is 19.9 Å². The van der Waals surface area contributed by atoms with Crippen molar-refractivity contribution in [2.45, 2.75) is 0 Å². The van der Waals surface area contributed by atoms with E-state index in [1.807, 2.05) is 97.1 Å². The first-order chi connectivity index (χ1) is 24.3. The Morgan fingerprint density at radius 2 is 1.08 bits per heavy atom. The molecule has 0 unspecified atom stereocenters. The van der Waals surface area contributed by atoms with Crippen molar-refractivity contribution in [2.75, 3.05) is 14.2 Å². The Labute approximate surface area is 292 Å². The van der Waals surface area contributed by atoms with Crippen LogP contribution in [0.3, 0.4) is 0 Å². The van der Waals surface area contributed by atoms with Gasteiger partial charge in [-0.15, -0.1) is 0 Å². The Kier molecular flexibility index (Phi) is 8.77. The zero-order valence-electron chi connectivity index (χ0n) is 26.4. The minimum atomic E-state index is -0.996. The number of imidazole rings is 2. The lowest BCUT2D eigenvalue weighted by molar-refractivity contribution is 0.0691. The molecule has 50 heavy (non-hydrogen) atoms. The number of carboxylic acids is 2. The van der Waals surface area contributed by atoms with Gasteiger partial charge in [-0.3, -0.25) is 9.13 Å². The third-order valence-corrected chi connectivity index (χ3v) is 9.72. The van der Waals surface area contributed by atoms with E-state index in [9.17, 15) is 19.8 Å². The van der Waals surface area contributed by atoms with Crippen molar-refractivity contribution in [3.8, 4) is 44.3 Å². The van der Waals surface area contributed by atoms with Gasteiger partial charge in [-0.05, 0) is 24.3 Å². The molecule has 0 fully saturated rings. The van der Waals surface area contributed by atoms with Crippen molar-refractivity contribution in [1.29, 1.82) is 0 Å². The van der Waals surface area contributed by atoms with Gasteiger partial charge in [-0.25, -0.2) is 29.5 Å². The highest BCUT2D eigenvalue weighted by atomic mass is 32.1. The van der Waals surface area contributed by atoms with Crippen LogP contribution in [-0.4, -0.2) is 65.4 Å². The zero-order valence-corrected chi connectivity index (χ0v) is 28.1. The average molecular weight is 703 g/mol. The van der Waals surface area contributed by atoms with Gasteiger partial charge in [0.05, 0.1) is 47.7 Å². The summed E-state index contributed by atoms with van der Waals surface area (Å²) in [6.07, 6.45) is 3.28. The summed E-state index contributed by atoms with van der Waals surface area (Å²) in [5, 5.41) is 20.2. The molecule has 0 aliphatic carbocycles. The molecule has 2 N–H and O–H groups in total. The maximum Gasteiger partial charge on any atom is 0.348 e. The summed E-state index contributed by atoms with van der Waals surface area (Å²) in [6, 6.07) is 29.7. The lowest BCUT2D eigenvalue weighted by Crippen LogP contribution is -1.95. The average Bonchev–Trinajstić information content (AvgIpc) is 3.96. The van der Waals surface area contributed by atoms with Crippen molar-refractivity contribution in [3.05, 3.63) is 119 Å². The highest BCUT2D eigenvalue weighted by molar-refractivity contribution is 7.16. The predicted octanol–water partition coefficient (Wildman–Crippen LogP) is 7.71. The molecular formula is C36H26N6O6S2. The maximum atomic E-state index is 11.7. The monoisotopic (exact) mass is 702 g/mol. The summed E-state index contributed by atoms with van der Waals surface area (Å²) in [7, 11) is 3.20. The Balaban J connectivity index is 0.000000157. The van der Waals surface area contributed by atoms with Gasteiger partial charge in [-0.1, -0.05) is 83.3 Å². The molecule has 0 saturated heterocycles. The van der Waals surface area contributed by atoms with E-state index in [1.54, 1.807) is 36.0 Å². The smallest absolute Gasteiger partial charge is 0.348 e. The van der Waals surface area contributed by atoms with E-state index in [-0.39, 0.29) is 9.75 Å². The molecule has 0 saturated carbocycles. The summed E-state index contributed by atoms with van der Waals surface area (Å²) < 4.78 is 14.0. The number of ether oxygens (including phenoxy) is 2. The number of hydrogen-bond donors (Lipinski definition) is 2. The van der Waals surface area contributed by atoms with Crippen molar-refractivity contribution < 1.29 is 29.3 Å². The van der Waals surface area contributed by atoms with Gasteiger partial charge >= 0.3 is 11.9 Å². The molecule has 8 aromatic rings. The van der Waals surface area contributed by atoms with E-state index in [4.69, 9.17) is 9.47 Å². The maximum absolute atomic E-state index is 11.7. The van der Waals surface area contributed by atoms with Crippen LogP contribution < -0.4 is 9.47 Å². The van der Waals surface area contributed by atoms with Gasteiger partial charge in [0.25, 0.3) is 0 Å². The number of benzene rings is 4. The molecule has 0 atom stereocenters. The molecule has 0 radical (unpaired) electrons. The highest BCUT2D eigenvalue weighted by Gasteiger charge is 2.22. The second-order valence-electron chi connectivity index (χ2n) is 10.6. The topological polar surface area (TPSA) is 154 Å². The first-order valence-electron chi connectivity index (χ1n) is 15.0. The minimum absolute atomic E-state index is 0.200. The third-order valence-electron chi connectivity index (χ3n) is 7.64. The van der Waals surface area contributed by atoms with Crippen molar-refractivity contribution in [1.82, 2.24) is 29.1 Å². The number of methoxy groups -OCH3 is 2. The van der Waals surface area contributed by atoms with Crippen LogP contribution in [0.25, 0.3) is 54.8 Å². The van der Waals surface area contributed by atoms with Crippen LogP contribution in [0.4, 0.5) is 0 Å². The van der Waals surface area contributed by atoms with Crippen LogP contribution >= 0.6 is 22.7 Å². The lowest BCUT2D eigenvalue weighted by atomic mass is 10.1. The SMILES string of the molecule is COc1ccc2c(c1)ncn2-c1nc(-c2ccccc2)c(C(=O)O)s1.COc1ccc2ncn(-c3nc(-c4ccccc4)c(C(=O)O)s3)c2c1. The van der Waals surface area contributed by atoms with Crippen LogP contribution in [0.1, 0.15) is 19.3 Å². The van der Waals surface area contributed by atoms with Crippen LogP contribution in [0.15, 0.2) is 110 Å². The number of carboxylic acid groups (broad SMARTS) is 2. The first-order valence-corrected chi connectivity index (χ1v) is 16.6. The molecule has 0 amide bonds. The molecule has 4 heterocycles. The fraction of sp³-hybridized carbons (Fsp3) is 0.0556. The number of aromatic nitrogens is 6. The molecule has 0 bridgehead atoms. The highest BCUT2D eigenvalue weighted by Crippen LogP contribution is 2.34. The van der Waals surface area contributed by atoms with Crippen molar-refractivity contribution in [3.63, 3.8) is 0 Å². The summed E-state index contributed by atoms with van der Waals surface area (Å²) in [5.41, 5.74) is 5.65. The Morgan fingerprint density at radius 1 is 0.600 bits per heavy atom. The van der Waals surface area contributed by atoms with Gasteiger partial charge in [-0.2, -0.15) is 0 Å². The fourth-order valence-electron chi connectivity index (χ4n) is 5.24. The summed E-state index contributed by atoms with van der Waals surface area (Å²) >= 11 is 2.25. The van der Waals surface area contributed by atoms with E-state index in [1.165, 1.54) is 0 Å². The number of aromatic carboxylic acids is 2. The molecule has 248 valence electrons. The van der Waals surface area contributed by atoms with Crippen LogP contribution in [0, 0.1) is 0 Å². The predicted molar refractivity (Wildman–Crippen MR) is 191 cm³/mol. The molecule has 0 spiro atoms. The minimum Gasteiger partial charge on any atom is -0.497 e. The van der Waals surface area contributed by atoms with E-state index < -0.39 is 11.9 Å². The molecule has 4 aromatic carbocycles. The number of thiazole rings is 2. The Morgan fingerprint density at radius 3 is 1.60 bits per heavy atom. The van der Waals surface area contributed by atoms with Crippen LogP contribution in [0.2, 0.25) is 0 Å².